The Balaban J connectivity index is 1.55. The number of hydrogen-bond donors (Lipinski definition) is 0. The zero-order chi connectivity index (χ0) is 29.8. The normalized spacial score (nSPS) is 11.8. The van der Waals surface area contributed by atoms with Gasteiger partial charge in [-0.1, -0.05) is 84.9 Å². The fourth-order valence-electron chi connectivity index (χ4n) is 5.63. The molecule has 1 atom stereocenters. The van der Waals surface area contributed by atoms with Crippen LogP contribution in [0.1, 0.15) is 40.2 Å². The van der Waals surface area contributed by atoms with Crippen LogP contribution in [0.25, 0.3) is 32.9 Å². The van der Waals surface area contributed by atoms with Crippen LogP contribution in [0, 0.1) is 10.1 Å². The Morgan fingerprint density at radius 2 is 1.53 bits per heavy atom. The van der Waals surface area contributed by atoms with E-state index < -0.39 is 10.9 Å². The predicted octanol–water partition coefficient (Wildman–Crippen LogP) is 8.10. The topological polar surface area (TPSA) is 95.2 Å². The van der Waals surface area contributed by atoms with Crippen LogP contribution in [0.3, 0.4) is 0 Å². The second-order valence-electron chi connectivity index (χ2n) is 10.4. The van der Waals surface area contributed by atoms with E-state index in [1.54, 1.807) is 13.0 Å². The molecule has 0 radical (unpaired) electrons. The number of rotatable bonds is 9. The van der Waals surface area contributed by atoms with E-state index in [0.717, 1.165) is 27.7 Å². The zero-order valence-electron chi connectivity index (χ0n) is 23.6. The molecule has 2 heterocycles. The Bertz CT molecular complexity index is 1940. The molecule has 6 rings (SSSR count). The first-order chi connectivity index (χ1) is 21.0. The molecular formula is C36H29N3O4. The first-order valence-corrected chi connectivity index (χ1v) is 14.2. The van der Waals surface area contributed by atoms with Crippen LogP contribution in [0.5, 0.6) is 0 Å². The van der Waals surface area contributed by atoms with Crippen LogP contribution in [-0.4, -0.2) is 27.5 Å². The minimum atomic E-state index is -0.507. The van der Waals surface area contributed by atoms with Gasteiger partial charge in [0.05, 0.1) is 33.8 Å². The van der Waals surface area contributed by atoms with Crippen molar-refractivity contribution < 1.29 is 14.5 Å². The third kappa shape index (κ3) is 5.83. The highest BCUT2D eigenvalue weighted by molar-refractivity contribution is 6.08. The quantitative estimate of drug-likeness (QED) is 0.0995. The Morgan fingerprint density at radius 3 is 2.28 bits per heavy atom. The maximum absolute atomic E-state index is 13.7. The number of pyridine rings is 2. The number of carbonyl (C=O) groups is 1. The van der Waals surface area contributed by atoms with Gasteiger partial charge >= 0.3 is 5.97 Å². The van der Waals surface area contributed by atoms with Crippen molar-refractivity contribution >= 4 is 33.5 Å². The van der Waals surface area contributed by atoms with Crippen molar-refractivity contribution in [1.29, 1.82) is 0 Å². The maximum atomic E-state index is 13.7. The minimum Gasteiger partial charge on any atom is -0.462 e. The predicted molar refractivity (Wildman–Crippen MR) is 168 cm³/mol. The number of hydrogen-bond acceptors (Lipinski definition) is 6. The van der Waals surface area contributed by atoms with Gasteiger partial charge in [0.25, 0.3) is 5.69 Å². The average Bonchev–Trinajstić information content (AvgIpc) is 3.04. The molecule has 4 aromatic carbocycles. The number of nitro groups is 1. The van der Waals surface area contributed by atoms with Gasteiger partial charge in [-0.25, -0.2) is 4.79 Å². The van der Waals surface area contributed by atoms with E-state index in [9.17, 15) is 14.9 Å². The number of ether oxygens (including phenoxy) is 1. The Labute approximate surface area is 249 Å². The van der Waals surface area contributed by atoms with Gasteiger partial charge < -0.3 is 4.74 Å². The monoisotopic (exact) mass is 567 g/mol. The molecule has 0 saturated heterocycles. The number of nitro benzene ring substituents is 1. The molecule has 0 fully saturated rings. The summed E-state index contributed by atoms with van der Waals surface area (Å²) in [4.78, 5) is 34.9. The summed E-state index contributed by atoms with van der Waals surface area (Å²) in [5.74, 6) is -0.567. The highest BCUT2D eigenvalue weighted by Gasteiger charge is 2.27. The maximum Gasteiger partial charge on any atom is 0.340 e. The van der Waals surface area contributed by atoms with Crippen LogP contribution in [0.2, 0.25) is 0 Å². The number of para-hydroxylation sites is 1. The van der Waals surface area contributed by atoms with E-state index in [2.05, 4.69) is 18.2 Å². The standard InChI is InChI=1S/C36H29N3O4/c1-2-43-36(40)35-33(38-32-20-19-29(39(41)42)23-30(32)34(35)26-14-7-4-8-15-26)22-27(24-11-5-3-6-12-24)21-28-18-17-25-13-9-10-16-31(25)37-28/h3-20,23,27H,2,21-22H2,1H3. The van der Waals surface area contributed by atoms with Gasteiger partial charge in [-0.3, -0.25) is 20.1 Å². The third-order valence-corrected chi connectivity index (χ3v) is 7.62. The Kier molecular flexibility index (Phi) is 7.87. The van der Waals surface area contributed by atoms with Crippen molar-refractivity contribution in [1.82, 2.24) is 9.97 Å². The van der Waals surface area contributed by atoms with Gasteiger partial charge in [0.15, 0.2) is 0 Å². The second kappa shape index (κ2) is 12.2. The van der Waals surface area contributed by atoms with Crippen LogP contribution in [0.4, 0.5) is 5.69 Å². The molecule has 1 unspecified atom stereocenters. The summed E-state index contributed by atoms with van der Waals surface area (Å²) in [6, 6.07) is 36.3. The molecule has 0 bridgehead atoms. The molecule has 7 heteroatoms. The van der Waals surface area contributed by atoms with Gasteiger partial charge in [0.1, 0.15) is 0 Å². The molecule has 0 aliphatic carbocycles. The summed E-state index contributed by atoms with van der Waals surface area (Å²) in [6.45, 7) is 1.94. The lowest BCUT2D eigenvalue weighted by molar-refractivity contribution is -0.384. The number of non-ortho nitro benzene ring substituents is 1. The third-order valence-electron chi connectivity index (χ3n) is 7.62. The molecule has 0 aliphatic heterocycles. The summed E-state index contributed by atoms with van der Waals surface area (Å²) in [5.41, 5.74) is 5.70. The van der Waals surface area contributed by atoms with E-state index in [1.165, 1.54) is 12.1 Å². The fraction of sp³-hybridized carbons (Fsp3) is 0.139. The zero-order valence-corrected chi connectivity index (χ0v) is 23.6. The molecule has 0 amide bonds. The number of esters is 1. The Hall–Kier alpha value is -5.43. The second-order valence-corrected chi connectivity index (χ2v) is 10.4. The number of carbonyl (C=O) groups excluding carboxylic acids is 1. The molecule has 43 heavy (non-hydrogen) atoms. The SMILES string of the molecule is CCOC(=O)c1c(CC(Cc2ccc3ccccc3n2)c2ccccc2)nc2ccc([N+](=O)[O-])cc2c1-c1ccccc1. The lowest BCUT2D eigenvalue weighted by Crippen LogP contribution is -2.16. The molecule has 6 aromatic rings. The van der Waals surface area contributed by atoms with Crippen molar-refractivity contribution in [2.75, 3.05) is 6.61 Å². The van der Waals surface area contributed by atoms with Gasteiger partial charge in [-0.15, -0.1) is 0 Å². The number of fused-ring (bicyclic) bond motifs is 2. The highest BCUT2D eigenvalue weighted by atomic mass is 16.6. The van der Waals surface area contributed by atoms with Gasteiger partial charge in [0, 0.05) is 34.2 Å². The minimum absolute atomic E-state index is 0.0605. The van der Waals surface area contributed by atoms with Crippen LogP contribution in [-0.2, 0) is 17.6 Å². The smallest absolute Gasteiger partial charge is 0.340 e. The lowest BCUT2D eigenvalue weighted by atomic mass is 9.86. The first kappa shape index (κ1) is 27.7. The molecule has 0 N–H and O–H groups in total. The number of nitrogens with zero attached hydrogens (tertiary/aromatic N) is 3. The Morgan fingerprint density at radius 1 is 0.814 bits per heavy atom. The molecule has 7 nitrogen and oxygen atoms in total. The summed E-state index contributed by atoms with van der Waals surface area (Å²) in [5, 5.41) is 13.3. The van der Waals surface area contributed by atoms with Crippen LogP contribution in [0.15, 0.2) is 115 Å². The van der Waals surface area contributed by atoms with E-state index in [1.807, 2.05) is 78.9 Å². The van der Waals surface area contributed by atoms with Gasteiger partial charge in [-0.05, 0) is 55.0 Å². The molecule has 212 valence electrons. The summed E-state index contributed by atoms with van der Waals surface area (Å²) in [6.07, 6.45) is 1.05. The molecule has 2 aromatic heterocycles. The van der Waals surface area contributed by atoms with Gasteiger partial charge in [-0.2, -0.15) is 0 Å². The van der Waals surface area contributed by atoms with Crippen molar-refractivity contribution in [3.05, 3.63) is 148 Å². The largest absolute Gasteiger partial charge is 0.462 e. The molecule has 0 saturated carbocycles. The van der Waals surface area contributed by atoms with E-state index in [4.69, 9.17) is 14.7 Å². The van der Waals surface area contributed by atoms with Crippen molar-refractivity contribution in [3.8, 4) is 11.1 Å². The van der Waals surface area contributed by atoms with E-state index in [0.29, 0.717) is 40.6 Å². The first-order valence-electron chi connectivity index (χ1n) is 14.2. The molecule has 0 aliphatic rings. The van der Waals surface area contributed by atoms with Crippen LogP contribution >= 0.6 is 0 Å². The average molecular weight is 568 g/mol. The summed E-state index contributed by atoms with van der Waals surface area (Å²) >= 11 is 0. The lowest BCUT2D eigenvalue weighted by Gasteiger charge is -2.21. The van der Waals surface area contributed by atoms with Crippen LogP contribution < -0.4 is 0 Å². The van der Waals surface area contributed by atoms with E-state index >= 15 is 0 Å². The number of aromatic nitrogens is 2. The van der Waals surface area contributed by atoms with Crippen molar-refractivity contribution in [2.24, 2.45) is 0 Å². The summed E-state index contributed by atoms with van der Waals surface area (Å²) < 4.78 is 5.59. The fourth-order valence-corrected chi connectivity index (χ4v) is 5.63. The molecular weight excluding hydrogens is 538 g/mol. The number of benzene rings is 4. The van der Waals surface area contributed by atoms with Crippen molar-refractivity contribution in [2.45, 2.75) is 25.7 Å². The highest BCUT2D eigenvalue weighted by Crippen LogP contribution is 2.37. The van der Waals surface area contributed by atoms with Crippen molar-refractivity contribution in [3.63, 3.8) is 0 Å². The summed E-state index contributed by atoms with van der Waals surface area (Å²) in [7, 11) is 0. The van der Waals surface area contributed by atoms with E-state index in [-0.39, 0.29) is 18.2 Å². The van der Waals surface area contributed by atoms with Gasteiger partial charge in [0.2, 0.25) is 0 Å². The molecule has 0 spiro atoms.